The molecule has 0 atom stereocenters. The first-order chi connectivity index (χ1) is 7.84. The second-order valence-corrected chi connectivity index (χ2v) is 5.14. The van der Waals surface area contributed by atoms with Crippen LogP contribution in [-0.4, -0.2) is 12.5 Å². The molecular weight excluding hydrogens is 214 g/mol. The number of nitrogens with one attached hydrogen (secondary N) is 1. The summed E-state index contributed by atoms with van der Waals surface area (Å²) >= 11 is 0. The molecule has 0 saturated heterocycles. The van der Waals surface area contributed by atoms with Crippen LogP contribution in [0, 0.1) is 12.3 Å². The van der Waals surface area contributed by atoms with Crippen molar-refractivity contribution in [3.05, 3.63) is 23.8 Å². The fourth-order valence-corrected chi connectivity index (χ4v) is 1.32. The standard InChI is InChI=1S/C14H21NO2/c1-6-17-12-9-10(2)7-8-11(12)15-13(16)14(3,4)5/h7-9H,6H2,1-5H3,(H,15,16). The monoisotopic (exact) mass is 235 g/mol. The number of benzene rings is 1. The van der Waals surface area contributed by atoms with E-state index >= 15 is 0 Å². The number of carbonyl (C=O) groups excluding carboxylic acids is 1. The Bertz CT molecular complexity index is 405. The number of carbonyl (C=O) groups is 1. The van der Waals surface area contributed by atoms with Gasteiger partial charge in [0.1, 0.15) is 5.75 Å². The maximum atomic E-state index is 11.9. The molecule has 0 spiro atoms. The molecule has 0 bridgehead atoms. The number of ether oxygens (including phenoxy) is 1. The van der Waals surface area contributed by atoms with Gasteiger partial charge in [0.25, 0.3) is 0 Å². The number of rotatable bonds is 3. The quantitative estimate of drug-likeness (QED) is 0.872. The number of aryl methyl sites for hydroxylation is 1. The Hall–Kier alpha value is -1.51. The largest absolute Gasteiger partial charge is 0.492 e. The van der Waals surface area contributed by atoms with E-state index in [0.717, 1.165) is 17.0 Å². The van der Waals surface area contributed by atoms with Gasteiger partial charge in [-0.2, -0.15) is 0 Å². The second kappa shape index (κ2) is 5.21. The molecule has 1 aromatic rings. The Kier molecular flexibility index (Phi) is 4.16. The van der Waals surface area contributed by atoms with Gasteiger partial charge in [-0.05, 0) is 31.5 Å². The van der Waals surface area contributed by atoms with Crippen molar-refractivity contribution >= 4 is 11.6 Å². The Morgan fingerprint density at radius 2 is 2.00 bits per heavy atom. The molecule has 1 rings (SSSR count). The topological polar surface area (TPSA) is 38.3 Å². The Morgan fingerprint density at radius 1 is 1.35 bits per heavy atom. The highest BCUT2D eigenvalue weighted by atomic mass is 16.5. The summed E-state index contributed by atoms with van der Waals surface area (Å²) in [5.41, 5.74) is 1.44. The maximum Gasteiger partial charge on any atom is 0.229 e. The number of amides is 1. The van der Waals surface area contributed by atoms with E-state index in [1.54, 1.807) is 0 Å². The van der Waals surface area contributed by atoms with Crippen LogP contribution in [0.5, 0.6) is 5.75 Å². The van der Waals surface area contributed by atoms with Crippen LogP contribution in [0.4, 0.5) is 5.69 Å². The van der Waals surface area contributed by atoms with E-state index in [2.05, 4.69) is 5.32 Å². The van der Waals surface area contributed by atoms with Gasteiger partial charge in [-0.3, -0.25) is 4.79 Å². The van der Waals surface area contributed by atoms with E-state index in [-0.39, 0.29) is 5.91 Å². The smallest absolute Gasteiger partial charge is 0.229 e. The lowest BCUT2D eigenvalue weighted by Gasteiger charge is -2.19. The van der Waals surface area contributed by atoms with E-state index in [1.807, 2.05) is 52.8 Å². The zero-order valence-corrected chi connectivity index (χ0v) is 11.3. The minimum Gasteiger partial charge on any atom is -0.492 e. The van der Waals surface area contributed by atoms with E-state index in [4.69, 9.17) is 4.74 Å². The van der Waals surface area contributed by atoms with Crippen molar-refractivity contribution in [2.75, 3.05) is 11.9 Å². The average Bonchev–Trinajstić information content (AvgIpc) is 2.21. The number of anilines is 1. The summed E-state index contributed by atoms with van der Waals surface area (Å²) < 4.78 is 5.52. The molecule has 0 unspecified atom stereocenters. The first-order valence-corrected chi connectivity index (χ1v) is 5.89. The third-order valence-electron chi connectivity index (χ3n) is 2.37. The summed E-state index contributed by atoms with van der Waals surface area (Å²) in [6.45, 7) is 10.2. The van der Waals surface area contributed by atoms with E-state index < -0.39 is 5.41 Å². The summed E-state index contributed by atoms with van der Waals surface area (Å²) in [7, 11) is 0. The molecule has 0 fully saturated rings. The molecule has 1 amide bonds. The van der Waals surface area contributed by atoms with Crippen molar-refractivity contribution in [3.8, 4) is 5.75 Å². The van der Waals surface area contributed by atoms with Crippen molar-refractivity contribution in [1.29, 1.82) is 0 Å². The van der Waals surface area contributed by atoms with Crippen LogP contribution < -0.4 is 10.1 Å². The van der Waals surface area contributed by atoms with Crippen LogP contribution >= 0.6 is 0 Å². The lowest BCUT2D eigenvalue weighted by atomic mass is 9.95. The van der Waals surface area contributed by atoms with Gasteiger partial charge in [-0.25, -0.2) is 0 Å². The van der Waals surface area contributed by atoms with Gasteiger partial charge >= 0.3 is 0 Å². The van der Waals surface area contributed by atoms with Crippen LogP contribution in [0.3, 0.4) is 0 Å². The van der Waals surface area contributed by atoms with Gasteiger partial charge in [0.15, 0.2) is 0 Å². The zero-order valence-electron chi connectivity index (χ0n) is 11.3. The van der Waals surface area contributed by atoms with E-state index in [0.29, 0.717) is 6.61 Å². The molecule has 1 N–H and O–H groups in total. The fraction of sp³-hybridized carbons (Fsp3) is 0.500. The number of hydrogen-bond donors (Lipinski definition) is 1. The lowest BCUT2D eigenvalue weighted by Crippen LogP contribution is -2.27. The van der Waals surface area contributed by atoms with E-state index in [9.17, 15) is 4.79 Å². The van der Waals surface area contributed by atoms with Crippen LogP contribution in [0.15, 0.2) is 18.2 Å². The van der Waals surface area contributed by atoms with Crippen LogP contribution in [0.2, 0.25) is 0 Å². The normalized spacial score (nSPS) is 11.1. The van der Waals surface area contributed by atoms with Gasteiger partial charge in [0.05, 0.1) is 12.3 Å². The molecule has 94 valence electrons. The molecular formula is C14H21NO2. The Balaban J connectivity index is 2.94. The molecule has 17 heavy (non-hydrogen) atoms. The third kappa shape index (κ3) is 3.77. The molecule has 3 heteroatoms. The molecule has 0 aliphatic rings. The predicted molar refractivity (Wildman–Crippen MR) is 70.4 cm³/mol. The Labute approximate surface area is 103 Å². The highest BCUT2D eigenvalue weighted by Gasteiger charge is 2.22. The van der Waals surface area contributed by atoms with Crippen LogP contribution in [-0.2, 0) is 4.79 Å². The van der Waals surface area contributed by atoms with Crippen molar-refractivity contribution < 1.29 is 9.53 Å². The van der Waals surface area contributed by atoms with Gasteiger partial charge < -0.3 is 10.1 Å². The molecule has 0 saturated carbocycles. The molecule has 0 radical (unpaired) electrons. The first kappa shape index (κ1) is 13.6. The third-order valence-corrected chi connectivity index (χ3v) is 2.37. The highest BCUT2D eigenvalue weighted by Crippen LogP contribution is 2.27. The van der Waals surface area contributed by atoms with Crippen molar-refractivity contribution in [1.82, 2.24) is 0 Å². The number of hydrogen-bond acceptors (Lipinski definition) is 2. The Morgan fingerprint density at radius 3 is 2.53 bits per heavy atom. The zero-order chi connectivity index (χ0) is 13.1. The molecule has 0 heterocycles. The van der Waals surface area contributed by atoms with Gasteiger partial charge in [-0.1, -0.05) is 26.8 Å². The lowest BCUT2D eigenvalue weighted by molar-refractivity contribution is -0.123. The average molecular weight is 235 g/mol. The summed E-state index contributed by atoms with van der Waals surface area (Å²) in [6.07, 6.45) is 0. The van der Waals surface area contributed by atoms with Crippen molar-refractivity contribution in [3.63, 3.8) is 0 Å². The summed E-state index contributed by atoms with van der Waals surface area (Å²) in [6, 6.07) is 5.77. The highest BCUT2D eigenvalue weighted by molar-refractivity contribution is 5.95. The molecule has 0 aromatic heterocycles. The molecule has 0 aliphatic heterocycles. The fourth-order valence-electron chi connectivity index (χ4n) is 1.32. The van der Waals surface area contributed by atoms with Crippen molar-refractivity contribution in [2.45, 2.75) is 34.6 Å². The SMILES string of the molecule is CCOc1cc(C)ccc1NC(=O)C(C)(C)C. The summed E-state index contributed by atoms with van der Waals surface area (Å²) in [5.74, 6) is 0.715. The maximum absolute atomic E-state index is 11.9. The minimum atomic E-state index is -0.408. The first-order valence-electron chi connectivity index (χ1n) is 5.89. The van der Waals surface area contributed by atoms with Crippen molar-refractivity contribution in [2.24, 2.45) is 5.41 Å². The second-order valence-electron chi connectivity index (χ2n) is 5.14. The minimum absolute atomic E-state index is 0.0118. The van der Waals surface area contributed by atoms with Gasteiger partial charge in [0, 0.05) is 5.41 Å². The summed E-state index contributed by atoms with van der Waals surface area (Å²) in [4.78, 5) is 11.9. The van der Waals surface area contributed by atoms with E-state index in [1.165, 1.54) is 0 Å². The molecule has 0 aliphatic carbocycles. The molecule has 1 aromatic carbocycles. The van der Waals surface area contributed by atoms with Crippen LogP contribution in [0.25, 0.3) is 0 Å². The summed E-state index contributed by atoms with van der Waals surface area (Å²) in [5, 5.41) is 2.90. The predicted octanol–water partition coefficient (Wildman–Crippen LogP) is 3.38. The molecule has 3 nitrogen and oxygen atoms in total. The van der Waals surface area contributed by atoms with Gasteiger partial charge in [-0.15, -0.1) is 0 Å². The van der Waals surface area contributed by atoms with Gasteiger partial charge in [0.2, 0.25) is 5.91 Å². The van der Waals surface area contributed by atoms with Crippen LogP contribution in [0.1, 0.15) is 33.3 Å².